The molecule has 0 aromatic heterocycles. The lowest BCUT2D eigenvalue weighted by atomic mass is 9.87. The Hall–Kier alpha value is -1.32. The van der Waals surface area contributed by atoms with E-state index in [2.05, 4.69) is 40.2 Å². The van der Waals surface area contributed by atoms with E-state index >= 15 is 0 Å². The van der Waals surface area contributed by atoms with Gasteiger partial charge in [0.15, 0.2) is 0 Å². The molecule has 2 aromatic rings. The number of hydrogen-bond acceptors (Lipinski definition) is 2. The summed E-state index contributed by atoms with van der Waals surface area (Å²) in [6.45, 7) is 0.596. The van der Waals surface area contributed by atoms with Gasteiger partial charge >= 0.3 is 0 Å². The first kappa shape index (κ1) is 13.7. The molecule has 0 heterocycles. The van der Waals surface area contributed by atoms with Crippen LogP contribution in [0.2, 0.25) is 0 Å². The molecule has 1 aliphatic rings. The van der Waals surface area contributed by atoms with Gasteiger partial charge in [0.1, 0.15) is 12.4 Å². The summed E-state index contributed by atoms with van der Waals surface area (Å²) >= 11 is 3.44. The lowest BCUT2D eigenvalue weighted by molar-refractivity contribution is 0.300. The summed E-state index contributed by atoms with van der Waals surface area (Å²) in [7, 11) is 0. The summed E-state index contributed by atoms with van der Waals surface area (Å²) in [5, 5.41) is 0. The molecule has 0 saturated heterocycles. The van der Waals surface area contributed by atoms with Gasteiger partial charge in [-0.1, -0.05) is 40.2 Å². The molecule has 2 nitrogen and oxygen atoms in total. The molecule has 0 radical (unpaired) electrons. The summed E-state index contributed by atoms with van der Waals surface area (Å²) in [5.41, 5.74) is 9.90. The molecule has 104 valence electrons. The average Bonchev–Trinajstić information content (AvgIpc) is 2.47. The number of fused-ring (bicyclic) bond motifs is 1. The fourth-order valence-electron chi connectivity index (χ4n) is 2.73. The van der Waals surface area contributed by atoms with Crippen molar-refractivity contribution in [1.29, 1.82) is 0 Å². The van der Waals surface area contributed by atoms with Gasteiger partial charge in [-0.3, -0.25) is 0 Å². The first-order chi connectivity index (χ1) is 9.74. The van der Waals surface area contributed by atoms with Crippen LogP contribution in [0.5, 0.6) is 5.75 Å². The smallest absolute Gasteiger partial charge is 0.123 e. The molecule has 2 aromatic carbocycles. The number of rotatable bonds is 3. The Morgan fingerprint density at radius 3 is 2.75 bits per heavy atom. The first-order valence-corrected chi connectivity index (χ1v) is 7.78. The van der Waals surface area contributed by atoms with Crippen LogP contribution in [-0.4, -0.2) is 0 Å². The molecule has 0 saturated carbocycles. The van der Waals surface area contributed by atoms with E-state index in [1.807, 2.05) is 18.2 Å². The zero-order valence-electron chi connectivity index (χ0n) is 11.3. The maximum absolute atomic E-state index is 6.18. The Kier molecular flexibility index (Phi) is 4.08. The van der Waals surface area contributed by atoms with E-state index in [0.717, 1.165) is 29.5 Å². The third kappa shape index (κ3) is 2.89. The molecule has 1 aliphatic carbocycles. The number of hydrogen-bond donors (Lipinski definition) is 1. The number of nitrogens with two attached hydrogens (primary N) is 1. The van der Waals surface area contributed by atoms with Gasteiger partial charge in [0, 0.05) is 10.5 Å². The Labute approximate surface area is 128 Å². The maximum Gasteiger partial charge on any atom is 0.123 e. The molecule has 0 spiro atoms. The Morgan fingerprint density at radius 1 is 1.15 bits per heavy atom. The standard InChI is InChI=1S/C17H18BrNO/c18-13-9-7-12(8-10-13)11-20-17-6-2-3-14-15(17)4-1-5-16(14)19/h2-3,6-10,16H,1,4-5,11,19H2. The summed E-state index contributed by atoms with van der Waals surface area (Å²) < 4.78 is 7.10. The van der Waals surface area contributed by atoms with Crippen molar-refractivity contribution < 1.29 is 4.74 Å². The minimum atomic E-state index is 0.162. The van der Waals surface area contributed by atoms with E-state index in [1.54, 1.807) is 0 Å². The third-order valence-corrected chi connectivity index (χ3v) is 4.35. The second-order valence-electron chi connectivity index (χ2n) is 5.24. The number of halogens is 1. The van der Waals surface area contributed by atoms with E-state index in [1.165, 1.54) is 16.7 Å². The highest BCUT2D eigenvalue weighted by atomic mass is 79.9. The van der Waals surface area contributed by atoms with Crippen LogP contribution >= 0.6 is 15.9 Å². The van der Waals surface area contributed by atoms with Gasteiger partial charge in [-0.2, -0.15) is 0 Å². The highest BCUT2D eigenvalue weighted by Gasteiger charge is 2.19. The molecule has 1 atom stereocenters. The van der Waals surface area contributed by atoms with Crippen molar-refractivity contribution in [2.45, 2.75) is 31.9 Å². The van der Waals surface area contributed by atoms with Crippen LogP contribution in [0.4, 0.5) is 0 Å². The zero-order chi connectivity index (χ0) is 13.9. The van der Waals surface area contributed by atoms with E-state index < -0.39 is 0 Å². The van der Waals surface area contributed by atoms with Crippen LogP contribution in [0.1, 0.15) is 35.6 Å². The molecule has 3 rings (SSSR count). The van der Waals surface area contributed by atoms with Crippen molar-refractivity contribution in [3.8, 4) is 5.75 Å². The van der Waals surface area contributed by atoms with Gasteiger partial charge in [-0.05, 0) is 54.2 Å². The van der Waals surface area contributed by atoms with Gasteiger partial charge in [0.05, 0.1) is 0 Å². The van der Waals surface area contributed by atoms with Crippen molar-refractivity contribution in [3.05, 3.63) is 63.6 Å². The van der Waals surface area contributed by atoms with Crippen molar-refractivity contribution in [2.75, 3.05) is 0 Å². The largest absolute Gasteiger partial charge is 0.489 e. The zero-order valence-corrected chi connectivity index (χ0v) is 12.9. The topological polar surface area (TPSA) is 35.2 Å². The highest BCUT2D eigenvalue weighted by molar-refractivity contribution is 9.10. The Balaban J connectivity index is 1.78. The van der Waals surface area contributed by atoms with Crippen LogP contribution in [0, 0.1) is 0 Å². The van der Waals surface area contributed by atoms with Crippen LogP contribution in [0.15, 0.2) is 46.9 Å². The highest BCUT2D eigenvalue weighted by Crippen LogP contribution is 2.34. The van der Waals surface area contributed by atoms with E-state index in [0.29, 0.717) is 6.61 Å². The molecule has 3 heteroatoms. The fraction of sp³-hybridized carbons (Fsp3) is 0.294. The average molecular weight is 332 g/mol. The second-order valence-corrected chi connectivity index (χ2v) is 6.15. The lowest BCUT2D eigenvalue weighted by Gasteiger charge is -2.24. The van der Waals surface area contributed by atoms with E-state index in [4.69, 9.17) is 10.5 Å². The van der Waals surface area contributed by atoms with Crippen LogP contribution in [0.25, 0.3) is 0 Å². The molecule has 0 bridgehead atoms. The summed E-state index contributed by atoms with van der Waals surface area (Å²) in [6.07, 6.45) is 3.29. The molecule has 0 aliphatic heterocycles. The van der Waals surface area contributed by atoms with Gasteiger partial charge < -0.3 is 10.5 Å². The maximum atomic E-state index is 6.18. The molecule has 20 heavy (non-hydrogen) atoms. The summed E-state index contributed by atoms with van der Waals surface area (Å²) in [6, 6.07) is 14.6. The monoisotopic (exact) mass is 331 g/mol. The molecule has 1 unspecified atom stereocenters. The summed E-state index contributed by atoms with van der Waals surface area (Å²) in [4.78, 5) is 0. The van der Waals surface area contributed by atoms with Gasteiger partial charge in [0.25, 0.3) is 0 Å². The van der Waals surface area contributed by atoms with Gasteiger partial charge in [-0.25, -0.2) is 0 Å². The van der Waals surface area contributed by atoms with Gasteiger partial charge in [0.2, 0.25) is 0 Å². The lowest BCUT2D eigenvalue weighted by Crippen LogP contribution is -2.18. The number of benzene rings is 2. The molecule has 2 N–H and O–H groups in total. The van der Waals surface area contributed by atoms with Crippen molar-refractivity contribution in [3.63, 3.8) is 0 Å². The van der Waals surface area contributed by atoms with Gasteiger partial charge in [-0.15, -0.1) is 0 Å². The third-order valence-electron chi connectivity index (χ3n) is 3.82. The molecule has 0 fully saturated rings. The van der Waals surface area contributed by atoms with Crippen molar-refractivity contribution >= 4 is 15.9 Å². The second kappa shape index (κ2) is 5.98. The van der Waals surface area contributed by atoms with Crippen LogP contribution in [-0.2, 0) is 13.0 Å². The Bertz CT molecular complexity index is 594. The van der Waals surface area contributed by atoms with Crippen LogP contribution in [0.3, 0.4) is 0 Å². The number of ether oxygens (including phenoxy) is 1. The predicted molar refractivity (Wildman–Crippen MR) is 84.8 cm³/mol. The molecular weight excluding hydrogens is 314 g/mol. The first-order valence-electron chi connectivity index (χ1n) is 6.98. The van der Waals surface area contributed by atoms with E-state index in [9.17, 15) is 0 Å². The SMILES string of the molecule is NC1CCCc2c(OCc3ccc(Br)cc3)cccc21. The van der Waals surface area contributed by atoms with E-state index in [-0.39, 0.29) is 6.04 Å². The van der Waals surface area contributed by atoms with Crippen molar-refractivity contribution in [2.24, 2.45) is 5.73 Å². The fourth-order valence-corrected chi connectivity index (χ4v) is 2.99. The van der Waals surface area contributed by atoms with Crippen LogP contribution < -0.4 is 10.5 Å². The van der Waals surface area contributed by atoms with Crippen molar-refractivity contribution in [1.82, 2.24) is 0 Å². The Morgan fingerprint density at radius 2 is 1.95 bits per heavy atom. The minimum absolute atomic E-state index is 0.162. The molecular formula is C17H18BrNO. The quantitative estimate of drug-likeness (QED) is 0.906. The molecule has 0 amide bonds. The predicted octanol–water partition coefficient (Wildman–Crippen LogP) is 4.36. The summed E-state index contributed by atoms with van der Waals surface area (Å²) in [5.74, 6) is 0.987. The normalized spacial score (nSPS) is 17.6. The minimum Gasteiger partial charge on any atom is -0.489 e.